The summed E-state index contributed by atoms with van der Waals surface area (Å²) in [7, 11) is 1.85. The molecule has 0 radical (unpaired) electrons. The van der Waals surface area contributed by atoms with E-state index in [1.165, 1.54) is 18.5 Å². The Morgan fingerprint density at radius 3 is 2.64 bits per heavy atom. The van der Waals surface area contributed by atoms with Gasteiger partial charge < -0.3 is 15.4 Å². The van der Waals surface area contributed by atoms with Gasteiger partial charge in [-0.2, -0.15) is 5.10 Å². The van der Waals surface area contributed by atoms with Crippen molar-refractivity contribution in [1.29, 1.82) is 0 Å². The Kier molecular flexibility index (Phi) is 7.32. The van der Waals surface area contributed by atoms with Gasteiger partial charge in [0.25, 0.3) is 0 Å². The highest BCUT2D eigenvalue weighted by atomic mass is 19.1. The van der Waals surface area contributed by atoms with E-state index in [1.807, 2.05) is 26.1 Å². The van der Waals surface area contributed by atoms with E-state index >= 15 is 0 Å². The molecule has 2 N–H and O–H groups in total. The Balaban J connectivity index is 1.70. The maximum absolute atomic E-state index is 13.4. The third-order valence-electron chi connectivity index (χ3n) is 4.73. The molecule has 1 aliphatic heterocycles. The first-order chi connectivity index (χ1) is 13.7. The number of hydrogen-bond donors (Lipinski definition) is 2. The van der Waals surface area contributed by atoms with E-state index in [0.717, 1.165) is 31.0 Å². The van der Waals surface area contributed by atoms with Gasteiger partial charge in [-0.15, -0.1) is 0 Å². The van der Waals surface area contributed by atoms with Crippen LogP contribution in [0.1, 0.15) is 24.4 Å². The number of rotatable bonds is 7. The first-order valence-corrected chi connectivity index (χ1v) is 9.59. The summed E-state index contributed by atoms with van der Waals surface area (Å²) in [6.07, 6.45) is 1.52. The molecular weight excluding hydrogens is 361 g/mol. The Morgan fingerprint density at radius 1 is 1.25 bits per heavy atom. The third-order valence-corrected chi connectivity index (χ3v) is 4.73. The number of guanidine groups is 1. The fourth-order valence-electron chi connectivity index (χ4n) is 3.18. The summed E-state index contributed by atoms with van der Waals surface area (Å²) in [5.74, 6) is 1.28. The predicted octanol–water partition coefficient (Wildman–Crippen LogP) is 1.08. The third kappa shape index (κ3) is 5.49. The van der Waals surface area contributed by atoms with Crippen LogP contribution >= 0.6 is 0 Å². The lowest BCUT2D eigenvalue weighted by atomic mass is 10.0. The molecule has 0 saturated carbocycles. The number of nitrogens with one attached hydrogen (secondary N) is 2. The summed E-state index contributed by atoms with van der Waals surface area (Å²) in [6.45, 7) is 6.96. The molecule has 1 unspecified atom stereocenters. The molecule has 1 saturated heterocycles. The average Bonchev–Trinajstić information content (AvgIpc) is 3.13. The number of ether oxygens (including phenoxy) is 1. The van der Waals surface area contributed by atoms with Crippen LogP contribution in [0.5, 0.6) is 0 Å². The van der Waals surface area contributed by atoms with E-state index in [-0.39, 0.29) is 11.9 Å². The summed E-state index contributed by atoms with van der Waals surface area (Å²) in [6, 6.07) is 6.82. The van der Waals surface area contributed by atoms with Crippen LogP contribution in [0.4, 0.5) is 4.39 Å². The van der Waals surface area contributed by atoms with E-state index in [2.05, 4.69) is 30.6 Å². The van der Waals surface area contributed by atoms with E-state index in [1.54, 1.807) is 4.68 Å². The molecule has 0 amide bonds. The van der Waals surface area contributed by atoms with Gasteiger partial charge in [0.1, 0.15) is 24.5 Å². The van der Waals surface area contributed by atoms with Gasteiger partial charge in [0, 0.05) is 33.2 Å². The maximum Gasteiger partial charge on any atom is 0.191 e. The highest BCUT2D eigenvalue weighted by molar-refractivity contribution is 5.79. The molecule has 1 aromatic heterocycles. The number of morpholine rings is 1. The van der Waals surface area contributed by atoms with Gasteiger partial charge in [-0.1, -0.05) is 12.1 Å². The summed E-state index contributed by atoms with van der Waals surface area (Å²) in [5, 5.41) is 10.7. The van der Waals surface area contributed by atoms with Crippen molar-refractivity contribution in [2.45, 2.75) is 19.5 Å². The van der Waals surface area contributed by atoms with Crippen molar-refractivity contribution in [2.24, 2.45) is 12.0 Å². The summed E-state index contributed by atoms with van der Waals surface area (Å²) in [4.78, 5) is 11.2. The fourth-order valence-corrected chi connectivity index (χ4v) is 3.18. The summed E-state index contributed by atoms with van der Waals surface area (Å²) in [5.41, 5.74) is 1.07. The van der Waals surface area contributed by atoms with Crippen molar-refractivity contribution in [3.05, 3.63) is 47.8 Å². The molecule has 8 nitrogen and oxygen atoms in total. The largest absolute Gasteiger partial charge is 0.379 e. The van der Waals surface area contributed by atoms with E-state index < -0.39 is 0 Å². The molecule has 1 aromatic carbocycles. The van der Waals surface area contributed by atoms with Gasteiger partial charge in [-0.05, 0) is 24.6 Å². The number of aryl methyl sites for hydroxylation is 1. The average molecular weight is 389 g/mol. The Morgan fingerprint density at radius 2 is 2.00 bits per heavy atom. The van der Waals surface area contributed by atoms with Gasteiger partial charge >= 0.3 is 0 Å². The van der Waals surface area contributed by atoms with Crippen molar-refractivity contribution >= 4 is 5.96 Å². The second-order valence-corrected chi connectivity index (χ2v) is 6.59. The summed E-state index contributed by atoms with van der Waals surface area (Å²) < 4.78 is 20.6. The quantitative estimate of drug-likeness (QED) is 0.545. The van der Waals surface area contributed by atoms with Crippen LogP contribution in [0.2, 0.25) is 0 Å². The lowest BCUT2D eigenvalue weighted by Gasteiger charge is -2.35. The van der Waals surface area contributed by atoms with Crippen LogP contribution in [0, 0.1) is 5.82 Å². The molecule has 9 heteroatoms. The van der Waals surface area contributed by atoms with Crippen molar-refractivity contribution in [3.63, 3.8) is 0 Å². The number of benzene rings is 1. The minimum absolute atomic E-state index is 0.100. The van der Waals surface area contributed by atoms with Crippen LogP contribution in [0.15, 0.2) is 35.6 Å². The Bertz CT molecular complexity index is 756. The van der Waals surface area contributed by atoms with Gasteiger partial charge in [0.05, 0.1) is 19.3 Å². The molecule has 152 valence electrons. The van der Waals surface area contributed by atoms with Crippen molar-refractivity contribution < 1.29 is 9.13 Å². The standard InChI is InChI=1S/C19H28FN7O/c1-3-21-19(23-13-18-24-14-25-26(18)2)22-12-17(27-8-10-28-11-9-27)15-4-6-16(20)7-5-15/h4-7,14,17H,3,8-13H2,1-2H3,(H2,21,22,23). The number of halogens is 1. The molecule has 0 aliphatic carbocycles. The topological polar surface area (TPSA) is 79.6 Å². The molecule has 0 bridgehead atoms. The minimum Gasteiger partial charge on any atom is -0.379 e. The fraction of sp³-hybridized carbons (Fsp3) is 0.526. The van der Waals surface area contributed by atoms with E-state index in [0.29, 0.717) is 32.3 Å². The lowest BCUT2D eigenvalue weighted by Crippen LogP contribution is -2.46. The Labute approximate surface area is 164 Å². The van der Waals surface area contributed by atoms with E-state index in [9.17, 15) is 4.39 Å². The molecule has 3 rings (SSSR count). The number of aliphatic imine (C=N–C) groups is 1. The van der Waals surface area contributed by atoms with Crippen LogP contribution in [0.3, 0.4) is 0 Å². The molecule has 2 aromatic rings. The molecular formula is C19H28FN7O. The van der Waals surface area contributed by atoms with Crippen LogP contribution < -0.4 is 10.6 Å². The van der Waals surface area contributed by atoms with Crippen LogP contribution in [-0.4, -0.2) is 65.0 Å². The first-order valence-electron chi connectivity index (χ1n) is 9.59. The number of aromatic nitrogens is 3. The Hall–Kier alpha value is -2.52. The van der Waals surface area contributed by atoms with Crippen LogP contribution in [0.25, 0.3) is 0 Å². The smallest absolute Gasteiger partial charge is 0.191 e. The summed E-state index contributed by atoms with van der Waals surface area (Å²) >= 11 is 0. The monoisotopic (exact) mass is 389 g/mol. The van der Waals surface area contributed by atoms with Crippen LogP contribution in [-0.2, 0) is 18.3 Å². The van der Waals surface area contributed by atoms with Gasteiger partial charge in [0.2, 0.25) is 0 Å². The van der Waals surface area contributed by atoms with E-state index in [4.69, 9.17) is 4.74 Å². The SMILES string of the molecule is CCNC(=NCc1ncnn1C)NCC(c1ccc(F)cc1)N1CCOCC1. The second-order valence-electron chi connectivity index (χ2n) is 6.59. The zero-order valence-corrected chi connectivity index (χ0v) is 16.4. The molecule has 28 heavy (non-hydrogen) atoms. The van der Waals surface area contributed by atoms with Crippen molar-refractivity contribution in [3.8, 4) is 0 Å². The predicted molar refractivity (Wildman–Crippen MR) is 105 cm³/mol. The lowest BCUT2D eigenvalue weighted by molar-refractivity contribution is 0.0170. The molecule has 1 aliphatic rings. The zero-order chi connectivity index (χ0) is 19.8. The van der Waals surface area contributed by atoms with Crippen molar-refractivity contribution in [1.82, 2.24) is 30.3 Å². The number of hydrogen-bond acceptors (Lipinski definition) is 5. The highest BCUT2D eigenvalue weighted by Gasteiger charge is 2.23. The molecule has 1 atom stereocenters. The van der Waals surface area contributed by atoms with Gasteiger partial charge in [-0.25, -0.2) is 14.4 Å². The zero-order valence-electron chi connectivity index (χ0n) is 16.4. The normalized spacial score (nSPS) is 16.8. The van der Waals surface area contributed by atoms with Crippen molar-refractivity contribution in [2.75, 3.05) is 39.4 Å². The first kappa shape index (κ1) is 20.2. The van der Waals surface area contributed by atoms with Gasteiger partial charge in [0.15, 0.2) is 5.96 Å². The number of nitrogens with zero attached hydrogens (tertiary/aromatic N) is 5. The molecule has 2 heterocycles. The molecule has 0 spiro atoms. The molecule has 1 fully saturated rings. The maximum atomic E-state index is 13.4. The highest BCUT2D eigenvalue weighted by Crippen LogP contribution is 2.21. The minimum atomic E-state index is -0.226. The second kappa shape index (κ2) is 10.1. The van der Waals surface area contributed by atoms with Gasteiger partial charge in [-0.3, -0.25) is 9.58 Å².